The molecule has 5 nitrogen and oxygen atoms in total. The molecule has 1 aliphatic heterocycles. The average molecular weight is 228 g/mol. The molecule has 1 heterocycles. The van der Waals surface area contributed by atoms with Crippen LogP contribution in [0.2, 0.25) is 0 Å². The summed E-state index contributed by atoms with van der Waals surface area (Å²) in [6, 6.07) is 0. The first kappa shape index (κ1) is 12.8. The second-order valence-corrected chi connectivity index (χ2v) is 5.03. The number of ether oxygens (including phenoxy) is 1. The van der Waals surface area contributed by atoms with Gasteiger partial charge in [-0.1, -0.05) is 0 Å². The molecule has 1 N–H and O–H groups in total. The van der Waals surface area contributed by atoms with E-state index in [2.05, 4.69) is 5.32 Å². The average Bonchev–Trinajstić information content (AvgIpc) is 2.47. The Hall–Kier alpha value is -1.26. The van der Waals surface area contributed by atoms with Crippen molar-refractivity contribution in [3.8, 4) is 0 Å². The second-order valence-electron chi connectivity index (χ2n) is 5.03. The molecule has 0 radical (unpaired) electrons. The molecular formula is C11H20N2O3. The molecule has 92 valence electrons. The maximum absolute atomic E-state index is 11.8. The van der Waals surface area contributed by atoms with Crippen LogP contribution in [-0.4, -0.2) is 35.2 Å². The molecular weight excluding hydrogens is 208 g/mol. The van der Waals surface area contributed by atoms with E-state index in [-0.39, 0.29) is 18.2 Å². The van der Waals surface area contributed by atoms with E-state index in [1.807, 2.05) is 20.8 Å². The van der Waals surface area contributed by atoms with Gasteiger partial charge in [0.05, 0.1) is 0 Å². The highest BCUT2D eigenvalue weighted by Crippen LogP contribution is 2.18. The highest BCUT2D eigenvalue weighted by molar-refractivity contribution is 5.75. The van der Waals surface area contributed by atoms with E-state index in [0.717, 1.165) is 12.8 Å². The van der Waals surface area contributed by atoms with Crippen molar-refractivity contribution in [3.63, 3.8) is 0 Å². The van der Waals surface area contributed by atoms with Crippen molar-refractivity contribution in [1.29, 1.82) is 0 Å². The third kappa shape index (κ3) is 3.72. The van der Waals surface area contributed by atoms with E-state index < -0.39 is 5.60 Å². The zero-order valence-corrected chi connectivity index (χ0v) is 10.4. The summed E-state index contributed by atoms with van der Waals surface area (Å²) in [5, 5.41) is 2.74. The Balaban J connectivity index is 2.57. The normalized spacial score (nSPS) is 20.8. The van der Waals surface area contributed by atoms with Crippen molar-refractivity contribution in [3.05, 3.63) is 0 Å². The Morgan fingerprint density at radius 3 is 2.50 bits per heavy atom. The van der Waals surface area contributed by atoms with Crippen LogP contribution < -0.4 is 5.32 Å². The molecule has 0 bridgehead atoms. The largest absolute Gasteiger partial charge is 0.444 e. The Labute approximate surface area is 96.1 Å². The van der Waals surface area contributed by atoms with Crippen LogP contribution in [0.3, 0.4) is 0 Å². The first-order chi connectivity index (χ1) is 7.29. The van der Waals surface area contributed by atoms with Gasteiger partial charge in [-0.3, -0.25) is 9.69 Å². The molecule has 0 aromatic heterocycles. The lowest BCUT2D eigenvalue weighted by Crippen LogP contribution is -2.48. The number of nitrogens with zero attached hydrogens (tertiary/aromatic N) is 1. The van der Waals surface area contributed by atoms with Gasteiger partial charge in [-0.2, -0.15) is 0 Å². The Kier molecular flexibility index (Phi) is 3.78. The van der Waals surface area contributed by atoms with Gasteiger partial charge < -0.3 is 10.1 Å². The Bertz CT molecular complexity index is 283. The van der Waals surface area contributed by atoms with Crippen LogP contribution in [0.4, 0.5) is 4.79 Å². The van der Waals surface area contributed by atoms with Gasteiger partial charge in [0.1, 0.15) is 11.8 Å². The molecule has 1 atom stereocenters. The van der Waals surface area contributed by atoms with Crippen LogP contribution in [0, 0.1) is 0 Å². The van der Waals surface area contributed by atoms with E-state index in [4.69, 9.17) is 4.74 Å². The monoisotopic (exact) mass is 228 g/mol. The van der Waals surface area contributed by atoms with Crippen LogP contribution in [0.5, 0.6) is 0 Å². The predicted molar refractivity (Wildman–Crippen MR) is 59.8 cm³/mol. The topological polar surface area (TPSA) is 58.6 Å². The number of carbonyl (C=O) groups is 2. The molecule has 1 saturated heterocycles. The number of likely N-dealkylation sites (tertiary alicyclic amines) is 1. The van der Waals surface area contributed by atoms with Gasteiger partial charge in [-0.05, 0) is 33.6 Å². The number of nitrogens with one attached hydrogen (secondary N) is 1. The summed E-state index contributed by atoms with van der Waals surface area (Å²) in [7, 11) is 0. The maximum atomic E-state index is 11.8. The smallest absolute Gasteiger partial charge is 0.411 e. The van der Waals surface area contributed by atoms with E-state index in [1.54, 1.807) is 4.90 Å². The molecule has 0 saturated carbocycles. The van der Waals surface area contributed by atoms with Gasteiger partial charge in [0, 0.05) is 13.5 Å². The molecule has 0 aromatic rings. The highest BCUT2D eigenvalue weighted by atomic mass is 16.6. The summed E-state index contributed by atoms with van der Waals surface area (Å²) >= 11 is 0. The van der Waals surface area contributed by atoms with Crippen LogP contribution in [0.1, 0.15) is 40.5 Å². The molecule has 0 aromatic carbocycles. The van der Waals surface area contributed by atoms with Crippen molar-refractivity contribution in [2.45, 2.75) is 52.3 Å². The lowest BCUT2D eigenvalue weighted by Gasteiger charge is -2.28. The molecule has 16 heavy (non-hydrogen) atoms. The summed E-state index contributed by atoms with van der Waals surface area (Å²) in [6.07, 6.45) is 1.11. The minimum atomic E-state index is -0.500. The fourth-order valence-corrected chi connectivity index (χ4v) is 1.69. The molecule has 1 aliphatic rings. The fourth-order valence-electron chi connectivity index (χ4n) is 1.69. The van der Waals surface area contributed by atoms with Gasteiger partial charge in [0.15, 0.2) is 0 Å². The molecule has 1 fully saturated rings. The highest BCUT2D eigenvalue weighted by Gasteiger charge is 2.32. The first-order valence-corrected chi connectivity index (χ1v) is 5.56. The molecule has 0 spiro atoms. The van der Waals surface area contributed by atoms with Crippen molar-refractivity contribution in [2.24, 2.45) is 0 Å². The summed E-state index contributed by atoms with van der Waals surface area (Å²) in [4.78, 5) is 24.3. The van der Waals surface area contributed by atoms with Crippen molar-refractivity contribution in [2.75, 3.05) is 6.54 Å². The van der Waals surface area contributed by atoms with E-state index in [1.165, 1.54) is 6.92 Å². The van der Waals surface area contributed by atoms with Crippen molar-refractivity contribution < 1.29 is 14.3 Å². The molecule has 0 unspecified atom stereocenters. The maximum Gasteiger partial charge on any atom is 0.411 e. The predicted octanol–water partition coefficient (Wildman–Crippen LogP) is 1.48. The van der Waals surface area contributed by atoms with Gasteiger partial charge >= 0.3 is 6.09 Å². The zero-order chi connectivity index (χ0) is 12.3. The summed E-state index contributed by atoms with van der Waals surface area (Å²) in [5.74, 6) is -0.125. The number of carbonyl (C=O) groups excluding carboxylic acids is 2. The van der Waals surface area contributed by atoms with Crippen LogP contribution in [0.25, 0.3) is 0 Å². The SMILES string of the molecule is CC(=O)N[C@@H]1CCCN1C(=O)OC(C)(C)C. The molecule has 2 amide bonds. The third-order valence-electron chi connectivity index (χ3n) is 2.25. The Morgan fingerprint density at radius 2 is 2.00 bits per heavy atom. The fraction of sp³-hybridized carbons (Fsp3) is 0.818. The van der Waals surface area contributed by atoms with E-state index >= 15 is 0 Å². The Morgan fingerprint density at radius 1 is 1.38 bits per heavy atom. The number of rotatable bonds is 1. The van der Waals surface area contributed by atoms with Gasteiger partial charge in [0.2, 0.25) is 5.91 Å². The molecule has 5 heteroatoms. The van der Waals surface area contributed by atoms with Crippen LogP contribution >= 0.6 is 0 Å². The van der Waals surface area contributed by atoms with Gasteiger partial charge in [-0.25, -0.2) is 4.79 Å². The lowest BCUT2D eigenvalue weighted by molar-refractivity contribution is -0.120. The van der Waals surface area contributed by atoms with Crippen LogP contribution in [0.15, 0.2) is 0 Å². The van der Waals surface area contributed by atoms with Crippen molar-refractivity contribution >= 4 is 12.0 Å². The quantitative estimate of drug-likeness (QED) is 0.739. The first-order valence-electron chi connectivity index (χ1n) is 5.56. The molecule has 1 rings (SSSR count). The van der Waals surface area contributed by atoms with Gasteiger partial charge in [0.25, 0.3) is 0 Å². The second kappa shape index (κ2) is 4.72. The minimum Gasteiger partial charge on any atom is -0.444 e. The summed E-state index contributed by atoms with van der Waals surface area (Å²) < 4.78 is 5.27. The number of amides is 2. The van der Waals surface area contributed by atoms with E-state index in [0.29, 0.717) is 6.54 Å². The minimum absolute atomic E-state index is 0.125. The zero-order valence-electron chi connectivity index (χ0n) is 10.4. The molecule has 0 aliphatic carbocycles. The summed E-state index contributed by atoms with van der Waals surface area (Å²) in [5.41, 5.74) is -0.500. The number of hydrogen-bond acceptors (Lipinski definition) is 3. The summed E-state index contributed by atoms with van der Waals surface area (Å²) in [6.45, 7) is 7.57. The third-order valence-corrected chi connectivity index (χ3v) is 2.25. The number of hydrogen-bond donors (Lipinski definition) is 1. The van der Waals surface area contributed by atoms with Gasteiger partial charge in [-0.15, -0.1) is 0 Å². The standard InChI is InChI=1S/C11H20N2O3/c1-8(14)12-9-6-5-7-13(9)10(15)16-11(2,3)4/h9H,5-7H2,1-4H3,(H,12,14)/t9-/m0/s1. The van der Waals surface area contributed by atoms with E-state index in [9.17, 15) is 9.59 Å². The van der Waals surface area contributed by atoms with Crippen LogP contribution in [-0.2, 0) is 9.53 Å². The van der Waals surface area contributed by atoms with Crippen molar-refractivity contribution in [1.82, 2.24) is 10.2 Å². The lowest BCUT2D eigenvalue weighted by atomic mass is 10.2.